The van der Waals surface area contributed by atoms with Gasteiger partial charge in [0.1, 0.15) is 17.0 Å². The molecule has 0 saturated carbocycles. The first-order chi connectivity index (χ1) is 12.1. The molecule has 1 amide bonds. The van der Waals surface area contributed by atoms with Gasteiger partial charge in [-0.2, -0.15) is 5.26 Å². The molecule has 2 aromatic carbocycles. The Morgan fingerprint density at radius 1 is 1.24 bits per heavy atom. The van der Waals surface area contributed by atoms with Gasteiger partial charge in [-0.05, 0) is 30.7 Å². The Labute approximate surface area is 149 Å². The van der Waals surface area contributed by atoms with Crippen molar-refractivity contribution in [2.45, 2.75) is 13.5 Å². The largest absolute Gasteiger partial charge is 0.360 e. The van der Waals surface area contributed by atoms with Gasteiger partial charge in [-0.25, -0.2) is 0 Å². The number of rotatable bonds is 4. The topological polar surface area (TPSA) is 78.9 Å². The summed E-state index contributed by atoms with van der Waals surface area (Å²) >= 11 is 6.21. The van der Waals surface area contributed by atoms with Crippen molar-refractivity contribution in [3.8, 4) is 17.3 Å². The zero-order valence-corrected chi connectivity index (χ0v) is 14.2. The van der Waals surface area contributed by atoms with Crippen molar-refractivity contribution < 1.29 is 9.32 Å². The molecule has 0 bridgehead atoms. The van der Waals surface area contributed by atoms with Crippen LogP contribution in [-0.4, -0.2) is 11.1 Å². The summed E-state index contributed by atoms with van der Waals surface area (Å²) in [6, 6.07) is 16.2. The lowest BCUT2D eigenvalue weighted by Crippen LogP contribution is -2.23. The smallest absolute Gasteiger partial charge is 0.257 e. The van der Waals surface area contributed by atoms with Gasteiger partial charge in [0.15, 0.2) is 0 Å². The van der Waals surface area contributed by atoms with Crippen LogP contribution >= 0.6 is 11.6 Å². The van der Waals surface area contributed by atoms with E-state index < -0.39 is 0 Å². The molecule has 6 heteroatoms. The molecular formula is C19H14ClN3O2. The Morgan fingerprint density at radius 2 is 1.96 bits per heavy atom. The van der Waals surface area contributed by atoms with Crippen LogP contribution in [0, 0.1) is 18.3 Å². The van der Waals surface area contributed by atoms with Gasteiger partial charge in [0, 0.05) is 12.1 Å². The highest BCUT2D eigenvalue weighted by atomic mass is 35.5. The molecule has 1 N–H and O–H groups in total. The molecule has 0 spiro atoms. The summed E-state index contributed by atoms with van der Waals surface area (Å²) in [5, 5.41) is 16.1. The van der Waals surface area contributed by atoms with Crippen LogP contribution in [0.4, 0.5) is 0 Å². The monoisotopic (exact) mass is 351 g/mol. The molecule has 124 valence electrons. The minimum absolute atomic E-state index is 0.293. The van der Waals surface area contributed by atoms with Crippen molar-refractivity contribution >= 4 is 17.5 Å². The Kier molecular flexibility index (Phi) is 4.82. The highest BCUT2D eigenvalue weighted by Crippen LogP contribution is 2.30. The molecule has 1 heterocycles. The standard InChI is InChI=1S/C19H14ClN3O2/c1-12-17(18(23-25-12)15-4-2-3-5-16(15)20)19(24)22-11-14-8-6-13(10-21)7-9-14/h2-9H,11H2,1H3,(H,22,24). The maximum atomic E-state index is 12.6. The highest BCUT2D eigenvalue weighted by Gasteiger charge is 2.22. The number of halogens is 1. The number of aromatic nitrogens is 1. The maximum Gasteiger partial charge on any atom is 0.257 e. The summed E-state index contributed by atoms with van der Waals surface area (Å²) in [5.74, 6) is 0.130. The third-order valence-corrected chi connectivity index (χ3v) is 4.08. The van der Waals surface area contributed by atoms with Crippen LogP contribution < -0.4 is 5.32 Å². The van der Waals surface area contributed by atoms with Crippen LogP contribution in [0.1, 0.15) is 27.2 Å². The molecule has 0 fully saturated rings. The second kappa shape index (κ2) is 7.20. The fraction of sp³-hybridized carbons (Fsp3) is 0.105. The molecule has 0 aliphatic carbocycles. The van der Waals surface area contributed by atoms with E-state index in [0.717, 1.165) is 5.56 Å². The van der Waals surface area contributed by atoms with Crippen LogP contribution in [0.15, 0.2) is 53.1 Å². The Morgan fingerprint density at radius 3 is 2.64 bits per heavy atom. The average molecular weight is 352 g/mol. The number of benzene rings is 2. The summed E-state index contributed by atoms with van der Waals surface area (Å²) in [5.41, 5.74) is 2.89. The number of carbonyl (C=O) groups is 1. The van der Waals surface area contributed by atoms with Gasteiger partial charge in [-0.15, -0.1) is 0 Å². The first-order valence-electron chi connectivity index (χ1n) is 7.58. The van der Waals surface area contributed by atoms with Gasteiger partial charge in [0.05, 0.1) is 16.7 Å². The summed E-state index contributed by atoms with van der Waals surface area (Å²) in [7, 11) is 0. The van der Waals surface area contributed by atoms with E-state index in [4.69, 9.17) is 21.4 Å². The summed E-state index contributed by atoms with van der Waals surface area (Å²) in [6.07, 6.45) is 0. The van der Waals surface area contributed by atoms with Gasteiger partial charge in [-0.1, -0.05) is 47.1 Å². The molecule has 5 nitrogen and oxygen atoms in total. The molecule has 1 aromatic heterocycles. The fourth-order valence-electron chi connectivity index (χ4n) is 2.44. The second-order valence-corrected chi connectivity index (χ2v) is 5.84. The molecule has 3 aromatic rings. The SMILES string of the molecule is Cc1onc(-c2ccccc2Cl)c1C(=O)NCc1ccc(C#N)cc1. The predicted molar refractivity (Wildman–Crippen MR) is 94.0 cm³/mol. The second-order valence-electron chi connectivity index (χ2n) is 5.43. The molecule has 3 rings (SSSR count). The van der Waals surface area contributed by atoms with Crippen molar-refractivity contribution in [3.05, 3.63) is 76.0 Å². The van der Waals surface area contributed by atoms with Crippen molar-refractivity contribution in [2.24, 2.45) is 0 Å². The summed E-state index contributed by atoms with van der Waals surface area (Å²) < 4.78 is 5.20. The third kappa shape index (κ3) is 3.54. The van der Waals surface area contributed by atoms with Crippen LogP contribution in [0.25, 0.3) is 11.3 Å². The molecule has 0 aliphatic heterocycles. The van der Waals surface area contributed by atoms with E-state index >= 15 is 0 Å². The lowest BCUT2D eigenvalue weighted by Gasteiger charge is -2.07. The van der Waals surface area contributed by atoms with Crippen LogP contribution in [0.3, 0.4) is 0 Å². The number of amides is 1. The molecule has 0 unspecified atom stereocenters. The highest BCUT2D eigenvalue weighted by molar-refractivity contribution is 6.33. The van der Waals surface area contributed by atoms with E-state index in [1.165, 1.54) is 0 Å². The summed E-state index contributed by atoms with van der Waals surface area (Å²) in [4.78, 5) is 12.6. The number of aryl methyl sites for hydroxylation is 1. The first-order valence-corrected chi connectivity index (χ1v) is 7.96. The van der Waals surface area contributed by atoms with Crippen molar-refractivity contribution in [2.75, 3.05) is 0 Å². The number of carbonyl (C=O) groups excluding carboxylic acids is 1. The van der Waals surface area contributed by atoms with Gasteiger partial charge < -0.3 is 9.84 Å². The van der Waals surface area contributed by atoms with Crippen molar-refractivity contribution in [3.63, 3.8) is 0 Å². The molecule has 0 atom stereocenters. The Bertz CT molecular complexity index is 956. The van der Waals surface area contributed by atoms with E-state index in [-0.39, 0.29) is 5.91 Å². The molecule has 0 saturated heterocycles. The lowest BCUT2D eigenvalue weighted by atomic mass is 10.1. The number of hydrogen-bond acceptors (Lipinski definition) is 4. The number of hydrogen-bond donors (Lipinski definition) is 1. The molecule has 25 heavy (non-hydrogen) atoms. The van der Waals surface area contributed by atoms with Crippen molar-refractivity contribution in [1.29, 1.82) is 5.26 Å². The van der Waals surface area contributed by atoms with E-state index in [1.54, 1.807) is 43.3 Å². The van der Waals surface area contributed by atoms with Crippen molar-refractivity contribution in [1.82, 2.24) is 10.5 Å². The molecular weight excluding hydrogens is 338 g/mol. The Hall–Kier alpha value is -3.10. The first kappa shape index (κ1) is 16.7. The number of nitrogens with one attached hydrogen (secondary N) is 1. The molecule has 0 radical (unpaired) electrons. The average Bonchev–Trinajstić information content (AvgIpc) is 3.02. The van der Waals surface area contributed by atoms with Crippen LogP contribution in [0.2, 0.25) is 5.02 Å². The van der Waals surface area contributed by atoms with Gasteiger partial charge in [0.25, 0.3) is 5.91 Å². The van der Waals surface area contributed by atoms with Gasteiger partial charge in [-0.3, -0.25) is 4.79 Å². The third-order valence-electron chi connectivity index (χ3n) is 3.75. The zero-order valence-electron chi connectivity index (χ0n) is 13.4. The van der Waals surface area contributed by atoms with Gasteiger partial charge >= 0.3 is 0 Å². The minimum Gasteiger partial charge on any atom is -0.360 e. The number of nitriles is 1. The lowest BCUT2D eigenvalue weighted by molar-refractivity contribution is 0.0950. The Balaban J connectivity index is 1.82. The van der Waals surface area contributed by atoms with Gasteiger partial charge in [0.2, 0.25) is 0 Å². The number of nitrogens with zero attached hydrogens (tertiary/aromatic N) is 2. The minimum atomic E-state index is -0.293. The van der Waals surface area contributed by atoms with E-state index in [2.05, 4.69) is 16.5 Å². The summed E-state index contributed by atoms with van der Waals surface area (Å²) in [6.45, 7) is 2.01. The van der Waals surface area contributed by atoms with E-state index in [0.29, 0.717) is 39.7 Å². The normalized spacial score (nSPS) is 10.3. The van der Waals surface area contributed by atoms with Crippen LogP contribution in [0.5, 0.6) is 0 Å². The quantitative estimate of drug-likeness (QED) is 0.767. The van der Waals surface area contributed by atoms with Crippen LogP contribution in [-0.2, 0) is 6.54 Å². The van der Waals surface area contributed by atoms with E-state index in [1.807, 2.05) is 12.1 Å². The predicted octanol–water partition coefficient (Wildman–Crippen LogP) is 4.11. The zero-order chi connectivity index (χ0) is 17.8. The molecule has 0 aliphatic rings. The van der Waals surface area contributed by atoms with E-state index in [9.17, 15) is 4.79 Å². The fourth-order valence-corrected chi connectivity index (χ4v) is 2.67. The maximum absolute atomic E-state index is 12.6.